The number of rotatable bonds is 3. The summed E-state index contributed by atoms with van der Waals surface area (Å²) in [6.45, 7) is 2.05. The van der Waals surface area contributed by atoms with E-state index in [0.717, 1.165) is 12.8 Å². The normalized spacial score (nSPS) is 36.1. The van der Waals surface area contributed by atoms with Crippen LogP contribution in [0.1, 0.15) is 19.8 Å². The maximum absolute atomic E-state index is 11.8. The number of carbonyl (C=O) groups is 2. The zero-order chi connectivity index (χ0) is 11.7. The zero-order valence-electron chi connectivity index (χ0n) is 9.26. The van der Waals surface area contributed by atoms with E-state index in [9.17, 15) is 14.7 Å². The number of carbonyl (C=O) groups excluding carboxylic acids is 1. The molecule has 0 unspecified atom stereocenters. The molecule has 0 amide bonds. The second kappa shape index (κ2) is 4.28. The molecule has 1 saturated carbocycles. The average molecular weight is 224 g/mol. The summed E-state index contributed by atoms with van der Waals surface area (Å²) in [5, 5.41) is 9.21. The number of hydrogen-bond acceptors (Lipinski definition) is 3. The van der Waals surface area contributed by atoms with Gasteiger partial charge in [0.2, 0.25) is 0 Å². The lowest BCUT2D eigenvalue weighted by atomic mass is 9.62. The van der Waals surface area contributed by atoms with Crippen molar-refractivity contribution in [3.8, 4) is 0 Å². The highest BCUT2D eigenvalue weighted by Crippen LogP contribution is 2.45. The summed E-state index contributed by atoms with van der Waals surface area (Å²) in [6, 6.07) is 0. The Hall–Kier alpha value is -1.32. The quantitative estimate of drug-likeness (QED) is 0.582. The lowest BCUT2D eigenvalue weighted by Crippen LogP contribution is -2.45. The minimum Gasteiger partial charge on any atom is -0.481 e. The second-order valence-electron chi connectivity index (χ2n) is 4.43. The third kappa shape index (κ3) is 1.72. The minimum atomic E-state index is -0.878. The maximum Gasteiger partial charge on any atom is 0.310 e. The molecule has 2 bridgehead atoms. The fourth-order valence-electron chi connectivity index (χ4n) is 2.89. The van der Waals surface area contributed by atoms with Crippen LogP contribution in [0.25, 0.3) is 0 Å². The van der Waals surface area contributed by atoms with Crippen molar-refractivity contribution in [2.75, 3.05) is 6.61 Å². The van der Waals surface area contributed by atoms with Crippen LogP contribution in [0.5, 0.6) is 0 Å². The number of ether oxygens (including phenoxy) is 1. The van der Waals surface area contributed by atoms with Gasteiger partial charge in [0.1, 0.15) is 0 Å². The Morgan fingerprint density at radius 3 is 2.25 bits per heavy atom. The van der Waals surface area contributed by atoms with E-state index in [1.54, 1.807) is 6.92 Å². The molecule has 0 aliphatic heterocycles. The first-order chi connectivity index (χ1) is 7.65. The average Bonchev–Trinajstić information content (AvgIpc) is 2.29. The number of carboxylic acids is 1. The van der Waals surface area contributed by atoms with Crippen molar-refractivity contribution >= 4 is 11.9 Å². The van der Waals surface area contributed by atoms with Gasteiger partial charge in [0.15, 0.2) is 0 Å². The largest absolute Gasteiger partial charge is 0.481 e. The van der Waals surface area contributed by atoms with Crippen LogP contribution >= 0.6 is 0 Å². The van der Waals surface area contributed by atoms with Crippen molar-refractivity contribution < 1.29 is 19.4 Å². The molecule has 0 aromatic carbocycles. The molecule has 0 radical (unpaired) electrons. The number of esters is 1. The summed E-state index contributed by atoms with van der Waals surface area (Å²) in [7, 11) is 0. The summed E-state index contributed by atoms with van der Waals surface area (Å²) in [5.41, 5.74) is 0. The molecule has 1 N–H and O–H groups in total. The van der Waals surface area contributed by atoms with Crippen LogP contribution in [0.2, 0.25) is 0 Å². The molecule has 3 aliphatic rings. The van der Waals surface area contributed by atoms with Crippen LogP contribution in [0, 0.1) is 23.7 Å². The molecule has 3 rings (SSSR count). The lowest BCUT2D eigenvalue weighted by molar-refractivity contribution is -0.163. The van der Waals surface area contributed by atoms with Gasteiger partial charge >= 0.3 is 11.9 Å². The molecule has 0 aromatic rings. The van der Waals surface area contributed by atoms with Crippen LogP contribution in [0.3, 0.4) is 0 Å². The molecule has 0 spiro atoms. The Labute approximate surface area is 94.3 Å². The Morgan fingerprint density at radius 1 is 1.25 bits per heavy atom. The first-order valence-electron chi connectivity index (χ1n) is 5.73. The van der Waals surface area contributed by atoms with Gasteiger partial charge in [-0.3, -0.25) is 9.59 Å². The standard InChI is InChI=1S/C12H16O4/c1-2-16-12(15)10-8-5-3-7(4-6-8)9(10)11(13)14/h3,5,7-10H,2,4,6H2,1H3,(H,13,14)/t7-,8+,9-,10-/m0/s1. The number of hydrogen-bond donors (Lipinski definition) is 1. The third-order valence-electron chi connectivity index (χ3n) is 3.59. The first kappa shape index (κ1) is 11.2. The Bertz CT molecular complexity index is 334. The van der Waals surface area contributed by atoms with Crippen molar-refractivity contribution in [1.29, 1.82) is 0 Å². The topological polar surface area (TPSA) is 63.6 Å². The molecule has 0 saturated heterocycles. The van der Waals surface area contributed by atoms with Gasteiger partial charge in [0.05, 0.1) is 18.4 Å². The van der Waals surface area contributed by atoms with E-state index in [2.05, 4.69) is 0 Å². The van der Waals surface area contributed by atoms with E-state index >= 15 is 0 Å². The number of carboxylic acid groups (broad SMARTS) is 1. The fourth-order valence-corrected chi connectivity index (χ4v) is 2.89. The van der Waals surface area contributed by atoms with Crippen molar-refractivity contribution in [2.45, 2.75) is 19.8 Å². The molecular weight excluding hydrogens is 208 g/mol. The van der Waals surface area contributed by atoms with Crippen molar-refractivity contribution in [3.63, 3.8) is 0 Å². The van der Waals surface area contributed by atoms with Crippen molar-refractivity contribution in [1.82, 2.24) is 0 Å². The number of allylic oxidation sites excluding steroid dienone is 2. The van der Waals surface area contributed by atoms with Crippen LogP contribution in [0.4, 0.5) is 0 Å². The summed E-state index contributed by atoms with van der Waals surface area (Å²) in [4.78, 5) is 23.0. The lowest BCUT2D eigenvalue weighted by Gasteiger charge is -2.41. The van der Waals surface area contributed by atoms with Gasteiger partial charge in [0.25, 0.3) is 0 Å². The Balaban J connectivity index is 2.24. The van der Waals surface area contributed by atoms with Gasteiger partial charge in [0, 0.05) is 0 Å². The van der Waals surface area contributed by atoms with Crippen molar-refractivity contribution in [2.24, 2.45) is 23.7 Å². The predicted octanol–water partition coefficient (Wildman–Crippen LogP) is 1.46. The fraction of sp³-hybridized carbons (Fsp3) is 0.667. The second-order valence-corrected chi connectivity index (χ2v) is 4.43. The number of aliphatic carboxylic acids is 1. The Kier molecular flexibility index (Phi) is 2.99. The van der Waals surface area contributed by atoms with E-state index in [1.165, 1.54) is 0 Å². The molecule has 16 heavy (non-hydrogen) atoms. The van der Waals surface area contributed by atoms with E-state index in [4.69, 9.17) is 4.74 Å². The molecule has 0 aromatic heterocycles. The highest BCUT2D eigenvalue weighted by molar-refractivity contribution is 5.82. The zero-order valence-corrected chi connectivity index (χ0v) is 9.26. The molecule has 4 atom stereocenters. The van der Waals surface area contributed by atoms with Crippen LogP contribution in [-0.2, 0) is 14.3 Å². The maximum atomic E-state index is 11.8. The highest BCUT2D eigenvalue weighted by Gasteiger charge is 2.48. The van der Waals surface area contributed by atoms with Gasteiger partial charge in [-0.25, -0.2) is 0 Å². The SMILES string of the molecule is CCOC(=O)[C@@H]1[C@@H](C(=O)O)[C@H]2C=C[C@@H]1CC2. The van der Waals surface area contributed by atoms with Gasteiger partial charge in [-0.2, -0.15) is 0 Å². The molecule has 1 fully saturated rings. The van der Waals surface area contributed by atoms with Gasteiger partial charge < -0.3 is 9.84 Å². The van der Waals surface area contributed by atoms with E-state index in [0.29, 0.717) is 6.61 Å². The molecular formula is C12H16O4. The molecule has 4 nitrogen and oxygen atoms in total. The summed E-state index contributed by atoms with van der Waals surface area (Å²) < 4.78 is 4.98. The summed E-state index contributed by atoms with van der Waals surface area (Å²) >= 11 is 0. The predicted molar refractivity (Wildman–Crippen MR) is 56.6 cm³/mol. The number of fused-ring (bicyclic) bond motifs is 2. The van der Waals surface area contributed by atoms with Crippen LogP contribution in [-0.4, -0.2) is 23.7 Å². The smallest absolute Gasteiger partial charge is 0.310 e. The minimum absolute atomic E-state index is 0.00286. The molecule has 3 aliphatic carbocycles. The van der Waals surface area contributed by atoms with E-state index < -0.39 is 17.8 Å². The van der Waals surface area contributed by atoms with Crippen molar-refractivity contribution in [3.05, 3.63) is 12.2 Å². The molecule has 0 heterocycles. The monoisotopic (exact) mass is 224 g/mol. The van der Waals surface area contributed by atoms with E-state index in [-0.39, 0.29) is 17.8 Å². The van der Waals surface area contributed by atoms with Gasteiger partial charge in [-0.05, 0) is 31.6 Å². The van der Waals surface area contributed by atoms with Gasteiger partial charge in [-0.1, -0.05) is 12.2 Å². The first-order valence-corrected chi connectivity index (χ1v) is 5.73. The van der Waals surface area contributed by atoms with E-state index in [1.807, 2.05) is 12.2 Å². The molecule has 88 valence electrons. The Morgan fingerprint density at radius 2 is 1.81 bits per heavy atom. The summed E-state index contributed by atoms with van der Waals surface area (Å²) in [5.74, 6) is -2.27. The summed E-state index contributed by atoms with van der Waals surface area (Å²) in [6.07, 6.45) is 5.69. The van der Waals surface area contributed by atoms with Crippen LogP contribution in [0.15, 0.2) is 12.2 Å². The third-order valence-corrected chi connectivity index (χ3v) is 3.59. The van der Waals surface area contributed by atoms with Gasteiger partial charge in [-0.15, -0.1) is 0 Å². The van der Waals surface area contributed by atoms with Crippen LogP contribution < -0.4 is 0 Å². The molecule has 4 heteroatoms. The highest BCUT2D eigenvalue weighted by atomic mass is 16.5.